The number of fused-ring (bicyclic) bond motifs is 4. The number of hydrogen-bond acceptors (Lipinski definition) is 2. The van der Waals surface area contributed by atoms with Crippen LogP contribution < -0.4 is 5.32 Å². The number of nitrogens with zero attached hydrogens (tertiary/aromatic N) is 1. The summed E-state index contributed by atoms with van der Waals surface area (Å²) in [7, 11) is 4.55. The molecular weight excluding hydrogens is 304 g/mol. The van der Waals surface area contributed by atoms with E-state index in [0.29, 0.717) is 10.8 Å². The van der Waals surface area contributed by atoms with Crippen LogP contribution in [0, 0.1) is 34.5 Å². The Kier molecular flexibility index (Phi) is 3.75. The van der Waals surface area contributed by atoms with Crippen molar-refractivity contribution in [2.75, 3.05) is 20.6 Å². The lowest BCUT2D eigenvalue weighted by Crippen LogP contribution is -2.52. The topological polar surface area (TPSA) is 15.3 Å². The van der Waals surface area contributed by atoms with Crippen LogP contribution in [-0.4, -0.2) is 37.6 Å². The van der Waals surface area contributed by atoms with Crippen molar-refractivity contribution in [3.05, 3.63) is 11.6 Å². The minimum Gasteiger partial charge on any atom is -0.313 e. The van der Waals surface area contributed by atoms with Gasteiger partial charge in [-0.25, -0.2) is 0 Å². The maximum atomic E-state index is 3.87. The first-order valence-corrected chi connectivity index (χ1v) is 11.0. The molecule has 4 aliphatic carbocycles. The first kappa shape index (κ1) is 16.8. The van der Waals surface area contributed by atoms with Gasteiger partial charge in [0.05, 0.1) is 0 Å². The van der Waals surface area contributed by atoms with Gasteiger partial charge >= 0.3 is 0 Å². The van der Waals surface area contributed by atoms with Gasteiger partial charge in [0.2, 0.25) is 0 Å². The number of allylic oxidation sites excluding steroid dienone is 1. The van der Waals surface area contributed by atoms with Crippen LogP contribution >= 0.6 is 0 Å². The van der Waals surface area contributed by atoms with E-state index in [1.807, 2.05) is 5.57 Å². The summed E-state index contributed by atoms with van der Waals surface area (Å²) in [6.07, 6.45) is 14.3. The maximum absolute atomic E-state index is 3.87. The average Bonchev–Trinajstić information content (AvgIpc) is 3.11. The molecule has 0 bridgehead atoms. The van der Waals surface area contributed by atoms with Gasteiger partial charge in [0.1, 0.15) is 0 Å². The maximum Gasteiger partial charge on any atom is 0.0127 e. The summed E-state index contributed by atoms with van der Waals surface area (Å²) in [6, 6.07) is 1.55. The van der Waals surface area contributed by atoms with Crippen molar-refractivity contribution < 1.29 is 0 Å². The molecule has 1 aliphatic heterocycles. The van der Waals surface area contributed by atoms with Crippen molar-refractivity contribution in [2.45, 2.75) is 77.3 Å². The summed E-state index contributed by atoms with van der Waals surface area (Å²) >= 11 is 0. The lowest BCUT2D eigenvalue weighted by atomic mass is 9.47. The molecule has 3 saturated carbocycles. The van der Waals surface area contributed by atoms with Gasteiger partial charge in [-0.3, -0.25) is 0 Å². The molecule has 1 spiro atoms. The van der Waals surface area contributed by atoms with Gasteiger partial charge < -0.3 is 10.2 Å². The van der Waals surface area contributed by atoms with Gasteiger partial charge in [0.25, 0.3) is 0 Å². The van der Waals surface area contributed by atoms with Crippen molar-refractivity contribution in [1.82, 2.24) is 10.2 Å². The van der Waals surface area contributed by atoms with Crippen molar-refractivity contribution in [2.24, 2.45) is 34.5 Å². The van der Waals surface area contributed by atoms with Gasteiger partial charge in [-0.2, -0.15) is 0 Å². The van der Waals surface area contributed by atoms with Gasteiger partial charge in [0, 0.05) is 18.6 Å². The molecule has 25 heavy (non-hydrogen) atoms. The molecule has 8 atom stereocenters. The Bertz CT molecular complexity index is 581. The van der Waals surface area contributed by atoms with E-state index >= 15 is 0 Å². The zero-order valence-corrected chi connectivity index (χ0v) is 16.9. The molecular formula is C23H38N2. The number of rotatable bonds is 1. The standard InChI is InChI=1S/C23H38N2/c1-15-19-7-8-21-18-6-5-16-13-17(25(3)4)9-11-22(16,2)20(18)10-12-23(19,21)14-24-15/h5,15,17-21,24H,6-14H2,1-4H3/t15-,17-,18+,19+,20-,21+,22-,23-/m0/s1. The van der Waals surface area contributed by atoms with E-state index in [2.05, 4.69) is 44.2 Å². The molecule has 0 aromatic heterocycles. The smallest absolute Gasteiger partial charge is 0.0127 e. The fraction of sp³-hybridized carbons (Fsp3) is 0.913. The zero-order chi connectivity index (χ0) is 17.4. The van der Waals surface area contributed by atoms with E-state index in [9.17, 15) is 0 Å². The fourth-order valence-electron chi connectivity index (χ4n) is 8.53. The normalized spacial score (nSPS) is 54.5. The van der Waals surface area contributed by atoms with Crippen LogP contribution in [0.1, 0.15) is 65.2 Å². The highest BCUT2D eigenvalue weighted by Gasteiger charge is 2.62. The molecule has 140 valence electrons. The van der Waals surface area contributed by atoms with E-state index < -0.39 is 0 Å². The summed E-state index contributed by atoms with van der Waals surface area (Å²) < 4.78 is 0. The van der Waals surface area contributed by atoms with E-state index in [4.69, 9.17) is 0 Å². The molecule has 0 radical (unpaired) electrons. The monoisotopic (exact) mass is 342 g/mol. The van der Waals surface area contributed by atoms with Gasteiger partial charge in [-0.05, 0) is 107 Å². The molecule has 5 rings (SSSR count). The summed E-state index contributed by atoms with van der Waals surface area (Å²) in [4.78, 5) is 2.47. The summed E-state index contributed by atoms with van der Waals surface area (Å²) in [5, 5.41) is 3.87. The Labute approximate surface area is 154 Å². The SMILES string of the molecule is C[C@@H]1NC[C@]23CC[C@H]4[C@@H](CC=C5C[C@@H](N(C)C)CC[C@@]54C)[C@H]2CC[C@H]13. The van der Waals surface area contributed by atoms with Crippen LogP contribution in [0.2, 0.25) is 0 Å². The quantitative estimate of drug-likeness (QED) is 0.707. The number of hydrogen-bond donors (Lipinski definition) is 1. The molecule has 1 saturated heterocycles. The molecule has 0 aromatic rings. The second-order valence-electron chi connectivity index (χ2n) is 10.7. The molecule has 0 aromatic carbocycles. The fourth-order valence-corrected chi connectivity index (χ4v) is 8.53. The molecule has 0 amide bonds. The van der Waals surface area contributed by atoms with Crippen molar-refractivity contribution >= 4 is 0 Å². The second kappa shape index (κ2) is 5.58. The van der Waals surface area contributed by atoms with Crippen LogP contribution in [0.4, 0.5) is 0 Å². The summed E-state index contributed by atoms with van der Waals surface area (Å²) in [6.45, 7) is 6.43. The first-order valence-electron chi connectivity index (χ1n) is 11.0. The van der Waals surface area contributed by atoms with Gasteiger partial charge in [-0.1, -0.05) is 18.6 Å². The Hall–Kier alpha value is -0.340. The molecule has 2 nitrogen and oxygen atoms in total. The van der Waals surface area contributed by atoms with E-state index in [1.54, 1.807) is 0 Å². The first-order chi connectivity index (χ1) is 12.0. The van der Waals surface area contributed by atoms with Crippen molar-refractivity contribution in [3.8, 4) is 0 Å². The third-order valence-electron chi connectivity index (χ3n) is 9.95. The highest BCUT2D eigenvalue weighted by molar-refractivity contribution is 5.26. The zero-order valence-electron chi connectivity index (χ0n) is 16.9. The van der Waals surface area contributed by atoms with Crippen molar-refractivity contribution in [3.63, 3.8) is 0 Å². The van der Waals surface area contributed by atoms with Crippen LogP contribution in [0.15, 0.2) is 11.6 Å². The summed E-state index contributed by atoms with van der Waals surface area (Å²) in [5.74, 6) is 3.94. The lowest BCUT2D eigenvalue weighted by Gasteiger charge is -2.58. The van der Waals surface area contributed by atoms with Gasteiger partial charge in [-0.15, -0.1) is 0 Å². The van der Waals surface area contributed by atoms with E-state index in [0.717, 1.165) is 35.8 Å². The lowest BCUT2D eigenvalue weighted by molar-refractivity contribution is -0.0408. The largest absolute Gasteiger partial charge is 0.313 e. The van der Waals surface area contributed by atoms with Crippen LogP contribution in [0.5, 0.6) is 0 Å². The molecule has 5 aliphatic rings. The predicted octanol–water partition coefficient (Wildman–Crippen LogP) is 4.47. The Morgan fingerprint density at radius 3 is 2.64 bits per heavy atom. The van der Waals surface area contributed by atoms with Crippen LogP contribution in [0.3, 0.4) is 0 Å². The van der Waals surface area contributed by atoms with Gasteiger partial charge in [0.15, 0.2) is 0 Å². The Morgan fingerprint density at radius 2 is 1.84 bits per heavy atom. The molecule has 0 unspecified atom stereocenters. The minimum atomic E-state index is 0.521. The van der Waals surface area contributed by atoms with E-state index in [-0.39, 0.29) is 0 Å². The average molecular weight is 343 g/mol. The highest BCUT2D eigenvalue weighted by Crippen LogP contribution is 2.67. The number of nitrogens with one attached hydrogen (secondary N) is 1. The molecule has 2 heteroatoms. The molecule has 4 fully saturated rings. The highest BCUT2D eigenvalue weighted by atomic mass is 15.1. The Balaban J connectivity index is 1.45. The predicted molar refractivity (Wildman–Crippen MR) is 104 cm³/mol. The Morgan fingerprint density at radius 1 is 1.04 bits per heavy atom. The third kappa shape index (κ3) is 2.16. The third-order valence-corrected chi connectivity index (χ3v) is 9.95. The summed E-state index contributed by atoms with van der Waals surface area (Å²) in [5.41, 5.74) is 3.03. The molecule has 1 heterocycles. The van der Waals surface area contributed by atoms with Crippen molar-refractivity contribution in [1.29, 1.82) is 0 Å². The van der Waals surface area contributed by atoms with Crippen LogP contribution in [-0.2, 0) is 0 Å². The molecule has 1 N–H and O–H groups in total. The minimum absolute atomic E-state index is 0.521. The van der Waals surface area contributed by atoms with E-state index in [1.165, 1.54) is 57.9 Å². The van der Waals surface area contributed by atoms with Crippen LogP contribution in [0.25, 0.3) is 0 Å². The second-order valence-corrected chi connectivity index (χ2v) is 10.7.